The highest BCUT2D eigenvalue weighted by Gasteiger charge is 2.48. The van der Waals surface area contributed by atoms with Crippen molar-refractivity contribution in [2.45, 2.75) is 29.7 Å². The van der Waals surface area contributed by atoms with Crippen LogP contribution in [-0.4, -0.2) is 27.0 Å². The zero-order valence-corrected chi connectivity index (χ0v) is 27.0. The van der Waals surface area contributed by atoms with Crippen LogP contribution in [0.3, 0.4) is 0 Å². The molecule has 226 valence electrons. The molecule has 0 bridgehead atoms. The molecule has 1 atom stereocenters. The smallest absolute Gasteiger partial charge is 0.301 e. The van der Waals surface area contributed by atoms with Crippen molar-refractivity contribution in [3.63, 3.8) is 0 Å². The van der Waals surface area contributed by atoms with E-state index in [1.807, 2.05) is 55.5 Å². The van der Waals surface area contributed by atoms with Crippen LogP contribution in [0, 0.1) is 6.92 Å². The van der Waals surface area contributed by atoms with Crippen LogP contribution < -0.4 is 9.64 Å². The SMILES string of the molecule is Cc1ccccc1COc1ccc(C(O)=C2C(=O)C(=O)N(c3nnc(SCc4ccc(Cl)cc4)s3)C2c2ccc(Cl)cc2)cc1. The number of ketones is 1. The summed E-state index contributed by atoms with van der Waals surface area (Å²) in [5.74, 6) is -0.710. The van der Waals surface area contributed by atoms with Gasteiger partial charge >= 0.3 is 5.91 Å². The second kappa shape index (κ2) is 13.5. The zero-order chi connectivity index (χ0) is 31.5. The lowest BCUT2D eigenvalue weighted by molar-refractivity contribution is -0.132. The summed E-state index contributed by atoms with van der Waals surface area (Å²) < 4.78 is 6.57. The Morgan fingerprint density at radius 1 is 0.911 bits per heavy atom. The number of thioether (sulfide) groups is 1. The molecule has 1 fully saturated rings. The Bertz CT molecular complexity index is 1890. The molecule has 5 aromatic rings. The molecule has 1 amide bonds. The molecule has 0 aliphatic carbocycles. The van der Waals surface area contributed by atoms with Crippen molar-refractivity contribution in [3.05, 3.63) is 140 Å². The van der Waals surface area contributed by atoms with Crippen LogP contribution in [0.25, 0.3) is 5.76 Å². The number of aliphatic hydroxyl groups is 1. The van der Waals surface area contributed by atoms with Crippen molar-refractivity contribution in [3.8, 4) is 5.75 Å². The lowest BCUT2D eigenvalue weighted by Crippen LogP contribution is -2.29. The third kappa shape index (κ3) is 6.77. The van der Waals surface area contributed by atoms with E-state index in [0.717, 1.165) is 16.7 Å². The molecule has 1 unspecified atom stereocenters. The van der Waals surface area contributed by atoms with E-state index in [9.17, 15) is 14.7 Å². The Morgan fingerprint density at radius 3 is 2.27 bits per heavy atom. The number of ether oxygens (including phenoxy) is 1. The maximum Gasteiger partial charge on any atom is 0.301 e. The normalized spacial score (nSPS) is 15.9. The molecule has 11 heteroatoms. The number of nitrogens with zero attached hydrogens (tertiary/aromatic N) is 3. The van der Waals surface area contributed by atoms with E-state index in [-0.39, 0.29) is 16.5 Å². The van der Waals surface area contributed by atoms with Gasteiger partial charge in [0.05, 0.1) is 11.6 Å². The average Bonchev–Trinajstić information content (AvgIpc) is 3.62. The van der Waals surface area contributed by atoms with Gasteiger partial charge in [-0.2, -0.15) is 0 Å². The van der Waals surface area contributed by atoms with Gasteiger partial charge in [-0.05, 0) is 77.7 Å². The highest BCUT2D eigenvalue weighted by Crippen LogP contribution is 2.44. The molecular formula is C34H25Cl2N3O4S2. The first kappa shape index (κ1) is 30.9. The fraction of sp³-hybridized carbons (Fsp3) is 0.118. The number of aliphatic hydroxyl groups excluding tert-OH is 1. The number of halogens is 2. The minimum absolute atomic E-state index is 0.0542. The molecule has 2 heterocycles. The fourth-order valence-electron chi connectivity index (χ4n) is 4.87. The Hall–Kier alpha value is -4.15. The van der Waals surface area contributed by atoms with Crippen LogP contribution in [0.1, 0.15) is 33.9 Å². The van der Waals surface area contributed by atoms with Gasteiger partial charge in [0.15, 0.2) is 4.34 Å². The van der Waals surface area contributed by atoms with Gasteiger partial charge in [0.1, 0.15) is 18.1 Å². The van der Waals surface area contributed by atoms with Crippen molar-refractivity contribution < 1.29 is 19.4 Å². The number of hydrogen-bond acceptors (Lipinski definition) is 8. The Morgan fingerprint density at radius 2 is 1.58 bits per heavy atom. The number of hydrogen-bond donors (Lipinski definition) is 1. The van der Waals surface area contributed by atoms with Crippen LogP contribution in [-0.2, 0) is 21.9 Å². The van der Waals surface area contributed by atoms with Crippen LogP contribution in [0.4, 0.5) is 5.13 Å². The lowest BCUT2D eigenvalue weighted by Gasteiger charge is -2.22. The third-order valence-corrected chi connectivity index (χ3v) is 9.92. The molecule has 1 aliphatic heterocycles. The largest absolute Gasteiger partial charge is 0.507 e. The first-order chi connectivity index (χ1) is 21.8. The average molecular weight is 675 g/mol. The predicted molar refractivity (Wildman–Crippen MR) is 179 cm³/mol. The maximum atomic E-state index is 13.5. The van der Waals surface area contributed by atoms with Gasteiger partial charge < -0.3 is 9.84 Å². The molecular weight excluding hydrogens is 649 g/mol. The van der Waals surface area contributed by atoms with Crippen LogP contribution in [0.2, 0.25) is 10.0 Å². The van der Waals surface area contributed by atoms with Crippen LogP contribution >= 0.6 is 46.3 Å². The molecule has 1 aromatic heterocycles. The molecule has 0 saturated carbocycles. The van der Waals surface area contributed by atoms with E-state index >= 15 is 0 Å². The molecule has 1 saturated heterocycles. The molecule has 0 radical (unpaired) electrons. The summed E-state index contributed by atoms with van der Waals surface area (Å²) in [4.78, 5) is 28.4. The highest BCUT2D eigenvalue weighted by molar-refractivity contribution is 8.00. The molecule has 0 spiro atoms. The van der Waals surface area contributed by atoms with Gasteiger partial charge in [-0.1, -0.05) is 94.8 Å². The maximum absolute atomic E-state index is 13.5. The van der Waals surface area contributed by atoms with Crippen LogP contribution in [0.5, 0.6) is 5.75 Å². The topological polar surface area (TPSA) is 92.6 Å². The first-order valence-electron chi connectivity index (χ1n) is 13.8. The summed E-state index contributed by atoms with van der Waals surface area (Å²) in [6.45, 7) is 2.41. The van der Waals surface area contributed by atoms with E-state index in [4.69, 9.17) is 27.9 Å². The molecule has 6 rings (SSSR count). The van der Waals surface area contributed by atoms with Gasteiger partial charge in [0.25, 0.3) is 5.78 Å². The number of amides is 1. The first-order valence-corrected chi connectivity index (χ1v) is 16.4. The van der Waals surface area contributed by atoms with Crippen molar-refractivity contribution in [2.24, 2.45) is 0 Å². The van der Waals surface area contributed by atoms with Gasteiger partial charge in [0, 0.05) is 21.4 Å². The summed E-state index contributed by atoms with van der Waals surface area (Å²) in [5, 5.41) is 21.4. The van der Waals surface area contributed by atoms with E-state index in [0.29, 0.717) is 43.6 Å². The number of aromatic nitrogens is 2. The number of Topliss-reactive ketones (excluding diaryl/α,β-unsaturated/α-hetero) is 1. The van der Waals surface area contributed by atoms with E-state index in [1.54, 1.807) is 48.5 Å². The number of aryl methyl sites for hydroxylation is 1. The molecule has 1 N–H and O–H groups in total. The number of rotatable bonds is 9. The second-order valence-corrected chi connectivity index (χ2v) is 13.3. The quantitative estimate of drug-likeness (QED) is 0.0550. The summed E-state index contributed by atoms with van der Waals surface area (Å²) in [6.07, 6.45) is 0. The van der Waals surface area contributed by atoms with Crippen LogP contribution in [0.15, 0.2) is 107 Å². The Kier molecular flexibility index (Phi) is 9.23. The number of anilines is 1. The number of carbonyl (C=O) groups excluding carboxylic acids is 2. The summed E-state index contributed by atoms with van der Waals surface area (Å²) in [5.41, 5.74) is 4.14. The standard InChI is InChI=1S/C34H25Cl2N3O4S2/c1-20-4-2-3-5-24(20)18-43-27-16-10-23(11-17-27)30(40)28-29(22-8-14-26(36)15-9-22)39(32(42)31(28)41)33-37-38-34(45-33)44-19-21-6-12-25(35)13-7-21/h2-17,29,40H,18-19H2,1H3. The fourth-order valence-corrected chi connectivity index (χ4v) is 6.95. The van der Waals surface area contributed by atoms with Crippen molar-refractivity contribution in [2.75, 3.05) is 4.90 Å². The van der Waals surface area contributed by atoms with E-state index in [1.165, 1.54) is 28.0 Å². The van der Waals surface area contributed by atoms with Crippen molar-refractivity contribution >= 4 is 68.9 Å². The van der Waals surface area contributed by atoms with Crippen molar-refractivity contribution in [1.29, 1.82) is 0 Å². The monoisotopic (exact) mass is 673 g/mol. The third-order valence-electron chi connectivity index (χ3n) is 7.29. The van der Waals surface area contributed by atoms with Gasteiger partial charge in [0.2, 0.25) is 5.13 Å². The number of carbonyl (C=O) groups is 2. The zero-order valence-electron chi connectivity index (χ0n) is 23.8. The summed E-state index contributed by atoms with van der Waals surface area (Å²) in [7, 11) is 0. The van der Waals surface area contributed by atoms with Gasteiger partial charge in [-0.15, -0.1) is 10.2 Å². The van der Waals surface area contributed by atoms with Gasteiger partial charge in [-0.3, -0.25) is 14.5 Å². The van der Waals surface area contributed by atoms with Gasteiger partial charge in [-0.25, -0.2) is 0 Å². The number of benzene rings is 4. The molecule has 4 aromatic carbocycles. The van der Waals surface area contributed by atoms with E-state index in [2.05, 4.69) is 10.2 Å². The highest BCUT2D eigenvalue weighted by atomic mass is 35.5. The molecule has 45 heavy (non-hydrogen) atoms. The molecule has 1 aliphatic rings. The Labute approximate surface area is 278 Å². The minimum atomic E-state index is -0.943. The summed E-state index contributed by atoms with van der Waals surface area (Å²) >= 11 is 14.8. The Balaban J connectivity index is 1.29. The lowest BCUT2D eigenvalue weighted by atomic mass is 9.95. The predicted octanol–water partition coefficient (Wildman–Crippen LogP) is 8.65. The summed E-state index contributed by atoms with van der Waals surface area (Å²) in [6, 6.07) is 28.1. The van der Waals surface area contributed by atoms with E-state index < -0.39 is 17.7 Å². The minimum Gasteiger partial charge on any atom is -0.507 e. The second-order valence-electron chi connectivity index (χ2n) is 10.2. The van der Waals surface area contributed by atoms with Crippen molar-refractivity contribution in [1.82, 2.24) is 10.2 Å². The molecule has 7 nitrogen and oxygen atoms in total.